The number of thiophene rings is 1. The number of aromatic nitrogens is 4. The van der Waals surface area contributed by atoms with Crippen molar-refractivity contribution < 1.29 is 16.5 Å². The molecule has 0 fully saturated rings. The van der Waals surface area contributed by atoms with E-state index in [0.717, 1.165) is 112 Å². The van der Waals surface area contributed by atoms with Gasteiger partial charge in [0.1, 0.15) is 8.07 Å². The first-order valence-corrected chi connectivity index (χ1v) is 24.1. The Kier molecular flexibility index (Phi) is 13.2. The van der Waals surface area contributed by atoms with Crippen LogP contribution in [0.25, 0.3) is 44.4 Å². The zero-order valence-electron chi connectivity index (χ0n) is 34.1. The largest absolute Gasteiger partial charge is 2.00 e. The molecule has 0 radical (unpaired) electrons. The van der Waals surface area contributed by atoms with E-state index < -0.39 is 8.07 Å². The molecule has 282 valence electrons. The van der Waals surface area contributed by atoms with Crippen molar-refractivity contribution in [3.8, 4) is 23.3 Å². The Morgan fingerprint density at radius 1 is 0.537 bits per heavy atom. The van der Waals surface area contributed by atoms with E-state index in [0.29, 0.717) is 0 Å². The fourth-order valence-electron chi connectivity index (χ4n) is 7.98. The Hall–Kier alpha value is -3.87. The van der Waals surface area contributed by atoms with Crippen LogP contribution in [0.3, 0.4) is 0 Å². The second-order valence-electron chi connectivity index (χ2n) is 14.8. The van der Waals surface area contributed by atoms with Gasteiger partial charge in [-0.25, -0.2) is 9.97 Å². The van der Waals surface area contributed by atoms with Crippen molar-refractivity contribution in [2.45, 2.75) is 126 Å². The van der Waals surface area contributed by atoms with Gasteiger partial charge in [-0.15, -0.1) is 38.9 Å². The molecule has 0 spiro atoms. The molecule has 0 aliphatic carbocycles. The summed E-state index contributed by atoms with van der Waals surface area (Å²) in [4.78, 5) is 23.8. The minimum absolute atomic E-state index is 0. The molecule has 7 heteroatoms. The Morgan fingerprint density at radius 3 is 1.46 bits per heavy atom. The zero-order valence-corrected chi connectivity index (χ0v) is 36.9. The van der Waals surface area contributed by atoms with Gasteiger partial charge >= 0.3 is 16.5 Å². The summed E-state index contributed by atoms with van der Waals surface area (Å²) >= 11 is 1.67. The maximum atomic E-state index is 5.51. The molecule has 0 amide bonds. The number of nitrogens with zero attached hydrogens (tertiary/aromatic N) is 4. The minimum Gasteiger partial charge on any atom is -0.657 e. The van der Waals surface area contributed by atoms with Gasteiger partial charge in [0.05, 0.1) is 32.5 Å². The molecule has 6 rings (SSSR count). The van der Waals surface area contributed by atoms with Crippen LogP contribution in [-0.4, -0.2) is 18.0 Å². The van der Waals surface area contributed by atoms with Crippen molar-refractivity contribution in [2.75, 3.05) is 0 Å². The van der Waals surface area contributed by atoms with Gasteiger partial charge in [0, 0.05) is 5.56 Å². The molecule has 0 unspecified atom stereocenters. The SMILES string of the molecule is CCC1=C(CC)c2cc3[n-]c(c(C#Cc4ccc(C#C[Si](C)(C)C)s4)c4nc(cc5[n-]c(cc1n2)c(CC)c5CC)C(CC)=C4CC)c(CC)c3CC.[Ni+2]. The first kappa shape index (κ1) is 41.3. The van der Waals surface area contributed by atoms with E-state index in [4.69, 9.17) is 19.9 Å². The Morgan fingerprint density at radius 2 is 0.981 bits per heavy atom. The van der Waals surface area contributed by atoms with Crippen LogP contribution in [0, 0.1) is 23.3 Å². The van der Waals surface area contributed by atoms with Crippen LogP contribution < -0.4 is 9.97 Å². The monoisotopic (exact) mass is 792 g/mol. The third kappa shape index (κ3) is 7.93. The Labute approximate surface area is 338 Å². The number of allylic oxidation sites excluding steroid dienone is 4. The summed E-state index contributed by atoms with van der Waals surface area (Å²) in [6.07, 6.45) is 7.12. The van der Waals surface area contributed by atoms with Crippen molar-refractivity contribution in [2.24, 2.45) is 0 Å². The van der Waals surface area contributed by atoms with Crippen molar-refractivity contribution in [3.05, 3.63) is 90.7 Å². The molecule has 0 saturated heterocycles. The molecule has 8 bridgehead atoms. The van der Waals surface area contributed by atoms with E-state index in [9.17, 15) is 0 Å². The summed E-state index contributed by atoms with van der Waals surface area (Å²) < 4.78 is 0. The average Bonchev–Trinajstić information content (AvgIpc) is 3.95. The van der Waals surface area contributed by atoms with Gasteiger partial charge in [-0.2, -0.15) is 0 Å². The number of fused-ring (bicyclic) bond motifs is 8. The number of aryl methyl sites for hydroxylation is 4. The van der Waals surface area contributed by atoms with Crippen molar-refractivity contribution in [1.29, 1.82) is 0 Å². The average molecular weight is 794 g/mol. The fraction of sp³-hybridized carbons (Fsp3) is 0.404. The molecule has 6 heterocycles. The van der Waals surface area contributed by atoms with Crippen LogP contribution in [0.4, 0.5) is 0 Å². The van der Waals surface area contributed by atoms with E-state index in [1.807, 2.05) is 0 Å². The second-order valence-corrected chi connectivity index (χ2v) is 20.7. The van der Waals surface area contributed by atoms with Gasteiger partial charge in [-0.1, -0.05) is 133 Å². The third-order valence-corrected chi connectivity index (χ3v) is 12.2. The Bertz CT molecular complexity index is 2440. The van der Waals surface area contributed by atoms with Crippen molar-refractivity contribution >= 4 is 63.8 Å². The predicted molar refractivity (Wildman–Crippen MR) is 232 cm³/mol. The molecule has 0 N–H and O–H groups in total. The van der Waals surface area contributed by atoms with Crippen LogP contribution in [0.2, 0.25) is 19.6 Å². The topological polar surface area (TPSA) is 54.0 Å². The number of rotatable bonds is 8. The van der Waals surface area contributed by atoms with Gasteiger partial charge < -0.3 is 9.97 Å². The van der Waals surface area contributed by atoms with E-state index in [1.54, 1.807) is 11.3 Å². The second kappa shape index (κ2) is 17.3. The first-order chi connectivity index (χ1) is 25.5. The summed E-state index contributed by atoms with van der Waals surface area (Å²) in [7, 11) is -1.49. The van der Waals surface area contributed by atoms with Gasteiger partial charge in [0.15, 0.2) is 0 Å². The predicted octanol–water partition coefficient (Wildman–Crippen LogP) is 12.0. The molecule has 4 aromatic heterocycles. The summed E-state index contributed by atoms with van der Waals surface area (Å²) in [6.45, 7) is 24.8. The quantitative estimate of drug-likeness (QED) is 0.132. The molecular formula is C47H54N4NiSSi. The van der Waals surface area contributed by atoms with Gasteiger partial charge in [0.2, 0.25) is 0 Å². The van der Waals surface area contributed by atoms with Gasteiger partial charge in [-0.05, 0) is 85.8 Å². The maximum Gasteiger partial charge on any atom is 2.00 e. The molecule has 0 saturated carbocycles. The van der Waals surface area contributed by atoms with Gasteiger partial charge in [0.25, 0.3) is 0 Å². The number of hydrogen-bond acceptors (Lipinski definition) is 3. The molecular weight excluding hydrogens is 739 g/mol. The van der Waals surface area contributed by atoms with E-state index in [1.165, 1.54) is 44.5 Å². The van der Waals surface area contributed by atoms with Crippen LogP contribution in [-0.2, 0) is 42.2 Å². The number of hydrogen-bond donors (Lipinski definition) is 0. The van der Waals surface area contributed by atoms with Crippen LogP contribution >= 0.6 is 11.3 Å². The third-order valence-electron chi connectivity index (χ3n) is 10.4. The molecule has 4 aromatic rings. The van der Waals surface area contributed by atoms with Crippen LogP contribution in [0.15, 0.2) is 30.3 Å². The van der Waals surface area contributed by atoms with Crippen molar-refractivity contribution in [1.82, 2.24) is 19.9 Å². The molecule has 54 heavy (non-hydrogen) atoms. The molecule has 4 nitrogen and oxygen atoms in total. The minimum atomic E-state index is -1.49. The maximum absolute atomic E-state index is 5.51. The smallest absolute Gasteiger partial charge is 0.657 e. The van der Waals surface area contributed by atoms with Crippen molar-refractivity contribution in [3.63, 3.8) is 0 Å². The van der Waals surface area contributed by atoms with E-state index >= 15 is 0 Å². The molecule has 2 aliphatic heterocycles. The summed E-state index contributed by atoms with van der Waals surface area (Å²) in [5.74, 6) is 10.7. The molecule has 2 aliphatic rings. The van der Waals surface area contributed by atoms with Crippen LogP contribution in [0.5, 0.6) is 0 Å². The van der Waals surface area contributed by atoms with Gasteiger partial charge in [-0.3, -0.25) is 0 Å². The molecule has 0 atom stereocenters. The summed E-state index contributed by atoms with van der Waals surface area (Å²) in [5, 5.41) is 0. The summed E-state index contributed by atoms with van der Waals surface area (Å²) in [5.41, 5.74) is 22.7. The Balaban J connectivity index is 0.00000561. The van der Waals surface area contributed by atoms with E-state index in [2.05, 4.69) is 129 Å². The standard InChI is InChI=1S/C47H54N4SSi.Ni/c1-12-31-33(14-3)42-27-44-35(16-5)37(18-7)46(50-44)39(23-22-29-20-21-30(52-29)24-25-53(9,10)11)47-38(19-8)36(17-6)45(51-47)28-43-34(15-4)32(13-2)41(49-43)26-40(31)48-42;/h20-21,26-28H,12-19H2,1-11H3;/q-2;+2. The molecule has 0 aromatic carbocycles. The zero-order chi connectivity index (χ0) is 38.0. The van der Waals surface area contributed by atoms with E-state index in [-0.39, 0.29) is 16.5 Å². The summed E-state index contributed by atoms with van der Waals surface area (Å²) in [6, 6.07) is 11.0. The normalized spacial score (nSPS) is 12.7. The van der Waals surface area contributed by atoms with Crippen LogP contribution in [0.1, 0.15) is 141 Å². The first-order valence-electron chi connectivity index (χ1n) is 19.8. The fourth-order valence-corrected chi connectivity index (χ4v) is 9.29.